The van der Waals surface area contributed by atoms with E-state index in [1.54, 1.807) is 13.8 Å². The van der Waals surface area contributed by atoms with Crippen molar-refractivity contribution in [1.82, 2.24) is 4.72 Å². The normalized spacial score (nSPS) is 13.2. The summed E-state index contributed by atoms with van der Waals surface area (Å²) in [5.74, 6) is 0.632. The molecule has 7 nitrogen and oxygen atoms in total. The average molecular weight is 339 g/mol. The Labute approximate surface area is 126 Å². The Morgan fingerprint density at radius 2 is 2.20 bits per heavy atom. The number of nitrogens with one attached hydrogen (secondary N) is 2. The zero-order valence-corrected chi connectivity index (χ0v) is 13.8. The van der Waals surface area contributed by atoms with Crippen LogP contribution in [0.1, 0.15) is 13.8 Å². The standard InChI is InChI=1S/C10H17N3O4S3/c1-4-11-10-8(13(14)15)5-9(19-10)20(16,17)12-7(2)6-18-3/h5,7,11-12H,4,6H2,1-3H3. The van der Waals surface area contributed by atoms with Crippen LogP contribution in [-0.4, -0.2) is 37.9 Å². The predicted molar refractivity (Wildman–Crippen MR) is 83.3 cm³/mol. The second-order valence-electron chi connectivity index (χ2n) is 4.04. The zero-order valence-electron chi connectivity index (χ0n) is 11.4. The van der Waals surface area contributed by atoms with E-state index in [1.165, 1.54) is 11.8 Å². The van der Waals surface area contributed by atoms with Crippen LogP contribution in [0, 0.1) is 10.1 Å². The van der Waals surface area contributed by atoms with Crippen LogP contribution in [0.25, 0.3) is 0 Å². The van der Waals surface area contributed by atoms with Crippen molar-refractivity contribution in [1.29, 1.82) is 0 Å². The van der Waals surface area contributed by atoms with Gasteiger partial charge in [0.1, 0.15) is 4.21 Å². The van der Waals surface area contributed by atoms with Crippen molar-refractivity contribution in [3.63, 3.8) is 0 Å². The third kappa shape index (κ3) is 4.33. The van der Waals surface area contributed by atoms with Gasteiger partial charge < -0.3 is 5.32 Å². The molecule has 0 spiro atoms. The van der Waals surface area contributed by atoms with Gasteiger partial charge in [-0.05, 0) is 20.1 Å². The van der Waals surface area contributed by atoms with Crippen LogP contribution >= 0.6 is 23.1 Å². The van der Waals surface area contributed by atoms with E-state index < -0.39 is 14.9 Å². The average Bonchev–Trinajstić information content (AvgIpc) is 2.74. The van der Waals surface area contributed by atoms with Gasteiger partial charge in [-0.2, -0.15) is 11.8 Å². The minimum Gasteiger partial charge on any atom is -0.372 e. The van der Waals surface area contributed by atoms with Crippen molar-refractivity contribution in [3.05, 3.63) is 16.2 Å². The highest BCUT2D eigenvalue weighted by molar-refractivity contribution is 7.98. The summed E-state index contributed by atoms with van der Waals surface area (Å²) < 4.78 is 26.8. The summed E-state index contributed by atoms with van der Waals surface area (Å²) in [6.45, 7) is 4.02. The molecule has 1 aromatic heterocycles. The second kappa shape index (κ2) is 7.25. The number of thioether (sulfide) groups is 1. The SMILES string of the molecule is CCNc1sc(S(=O)(=O)NC(C)CSC)cc1[N+](=O)[O-]. The third-order valence-corrected chi connectivity index (χ3v) is 6.24. The third-order valence-electron chi connectivity index (χ3n) is 2.26. The van der Waals surface area contributed by atoms with Crippen LogP contribution in [0.5, 0.6) is 0 Å². The van der Waals surface area contributed by atoms with E-state index in [2.05, 4.69) is 10.0 Å². The Bertz CT molecular complexity index is 570. The predicted octanol–water partition coefficient (Wildman–Crippen LogP) is 2.12. The maximum atomic E-state index is 12.1. The number of nitro groups is 1. The number of thiophene rings is 1. The fourth-order valence-electron chi connectivity index (χ4n) is 1.52. The number of rotatable bonds is 8. The summed E-state index contributed by atoms with van der Waals surface area (Å²) in [6.07, 6.45) is 1.88. The lowest BCUT2D eigenvalue weighted by atomic mass is 10.4. The van der Waals surface area contributed by atoms with Gasteiger partial charge in [-0.3, -0.25) is 10.1 Å². The molecule has 1 atom stereocenters. The number of nitrogens with zero attached hydrogens (tertiary/aromatic N) is 1. The highest BCUT2D eigenvalue weighted by atomic mass is 32.2. The topological polar surface area (TPSA) is 101 Å². The molecule has 1 heterocycles. The maximum Gasteiger partial charge on any atom is 0.304 e. The van der Waals surface area contributed by atoms with E-state index in [4.69, 9.17) is 0 Å². The van der Waals surface area contributed by atoms with Crippen LogP contribution in [-0.2, 0) is 10.0 Å². The summed E-state index contributed by atoms with van der Waals surface area (Å²) in [4.78, 5) is 10.3. The smallest absolute Gasteiger partial charge is 0.304 e. The summed E-state index contributed by atoms with van der Waals surface area (Å²) in [5.41, 5.74) is -0.213. The van der Waals surface area contributed by atoms with Crippen molar-refractivity contribution >= 4 is 43.8 Å². The quantitative estimate of drug-likeness (QED) is 0.556. The van der Waals surface area contributed by atoms with Crippen LogP contribution in [0.2, 0.25) is 0 Å². The molecule has 0 saturated carbocycles. The van der Waals surface area contributed by atoms with Gasteiger partial charge >= 0.3 is 5.69 Å². The van der Waals surface area contributed by atoms with Gasteiger partial charge in [0, 0.05) is 24.4 Å². The molecule has 0 bridgehead atoms. The highest BCUT2D eigenvalue weighted by Crippen LogP contribution is 2.36. The molecular weight excluding hydrogens is 322 g/mol. The monoisotopic (exact) mass is 339 g/mol. The molecule has 2 N–H and O–H groups in total. The molecule has 1 rings (SSSR count). The lowest BCUT2D eigenvalue weighted by Gasteiger charge is -2.11. The largest absolute Gasteiger partial charge is 0.372 e. The molecule has 1 unspecified atom stereocenters. The molecule has 0 aliphatic heterocycles. The van der Waals surface area contributed by atoms with Crippen molar-refractivity contribution in [2.24, 2.45) is 0 Å². The summed E-state index contributed by atoms with van der Waals surface area (Å²) >= 11 is 2.39. The molecule has 0 saturated heterocycles. The molecule has 0 fully saturated rings. The Hall–Kier alpha value is -0.840. The first-order valence-corrected chi connectivity index (χ1v) is 9.54. The van der Waals surface area contributed by atoms with Crippen LogP contribution < -0.4 is 10.0 Å². The van der Waals surface area contributed by atoms with Gasteiger partial charge in [0.25, 0.3) is 10.0 Å². The molecule has 1 aromatic rings. The minimum absolute atomic E-state index is 0.0481. The molecular formula is C10H17N3O4S3. The lowest BCUT2D eigenvalue weighted by molar-refractivity contribution is -0.383. The van der Waals surface area contributed by atoms with Gasteiger partial charge in [0.15, 0.2) is 5.00 Å². The van der Waals surface area contributed by atoms with Gasteiger partial charge in [0.2, 0.25) is 0 Å². The Morgan fingerprint density at radius 3 is 2.70 bits per heavy atom. The number of anilines is 1. The summed E-state index contributed by atoms with van der Waals surface area (Å²) in [5, 5.41) is 14.0. The molecule has 0 aliphatic carbocycles. The van der Waals surface area contributed by atoms with Crippen molar-refractivity contribution in [3.8, 4) is 0 Å². The summed E-state index contributed by atoms with van der Waals surface area (Å²) in [7, 11) is -3.72. The number of hydrogen-bond donors (Lipinski definition) is 2. The molecule has 0 radical (unpaired) electrons. The zero-order chi connectivity index (χ0) is 15.3. The lowest BCUT2D eigenvalue weighted by Crippen LogP contribution is -2.33. The summed E-state index contributed by atoms with van der Waals surface area (Å²) in [6, 6.07) is 0.857. The van der Waals surface area contributed by atoms with E-state index in [9.17, 15) is 18.5 Å². The maximum absolute atomic E-state index is 12.1. The van der Waals surface area contributed by atoms with E-state index in [0.717, 1.165) is 17.4 Å². The first-order chi connectivity index (χ1) is 9.31. The first-order valence-electron chi connectivity index (χ1n) is 5.85. The van der Waals surface area contributed by atoms with Gasteiger partial charge in [-0.25, -0.2) is 13.1 Å². The molecule has 114 valence electrons. The molecule has 20 heavy (non-hydrogen) atoms. The Morgan fingerprint density at radius 1 is 1.55 bits per heavy atom. The fourth-order valence-corrected chi connectivity index (χ4v) is 4.87. The van der Waals surface area contributed by atoms with Crippen molar-refractivity contribution in [2.75, 3.05) is 23.9 Å². The van der Waals surface area contributed by atoms with Crippen molar-refractivity contribution in [2.45, 2.75) is 24.1 Å². The van der Waals surface area contributed by atoms with Crippen LogP contribution in [0.3, 0.4) is 0 Å². The van der Waals surface area contributed by atoms with E-state index in [-0.39, 0.29) is 20.9 Å². The molecule has 0 aliphatic rings. The van der Waals surface area contributed by atoms with E-state index >= 15 is 0 Å². The highest BCUT2D eigenvalue weighted by Gasteiger charge is 2.26. The second-order valence-corrected chi connectivity index (χ2v) is 7.95. The Balaban J connectivity index is 3.06. The molecule has 0 amide bonds. The fraction of sp³-hybridized carbons (Fsp3) is 0.600. The van der Waals surface area contributed by atoms with E-state index in [0.29, 0.717) is 12.3 Å². The number of hydrogen-bond acceptors (Lipinski definition) is 7. The van der Waals surface area contributed by atoms with Crippen LogP contribution in [0.4, 0.5) is 10.7 Å². The number of sulfonamides is 1. The van der Waals surface area contributed by atoms with Gasteiger partial charge in [0.05, 0.1) is 4.92 Å². The van der Waals surface area contributed by atoms with Gasteiger partial charge in [-0.15, -0.1) is 0 Å². The Kier molecular flexibility index (Phi) is 6.24. The van der Waals surface area contributed by atoms with Crippen molar-refractivity contribution < 1.29 is 13.3 Å². The van der Waals surface area contributed by atoms with Crippen LogP contribution in [0.15, 0.2) is 10.3 Å². The minimum atomic E-state index is -3.72. The molecule has 10 heteroatoms. The first kappa shape index (κ1) is 17.2. The molecule has 0 aromatic carbocycles. The van der Waals surface area contributed by atoms with E-state index in [1.807, 2.05) is 6.26 Å². The van der Waals surface area contributed by atoms with Gasteiger partial charge in [-0.1, -0.05) is 11.3 Å².